The molecule has 25 heavy (non-hydrogen) atoms. The third-order valence-corrected chi connectivity index (χ3v) is 4.40. The van der Waals surface area contributed by atoms with Gasteiger partial charge in [0.25, 0.3) is 0 Å². The van der Waals surface area contributed by atoms with Crippen LogP contribution in [-0.4, -0.2) is 50.8 Å². The molecule has 1 aliphatic carbocycles. The smallest absolute Gasteiger partial charge is 0.242 e. The van der Waals surface area contributed by atoms with Crippen molar-refractivity contribution in [2.75, 3.05) is 26.7 Å². The Morgan fingerprint density at radius 2 is 1.84 bits per heavy atom. The number of carbonyl (C=O) groups is 1. The predicted molar refractivity (Wildman–Crippen MR) is 115 cm³/mol. The number of ether oxygens (including phenoxy) is 1. The molecule has 1 fully saturated rings. The van der Waals surface area contributed by atoms with Gasteiger partial charge >= 0.3 is 0 Å². The highest BCUT2D eigenvalue weighted by Gasteiger charge is 2.24. The summed E-state index contributed by atoms with van der Waals surface area (Å²) < 4.78 is 5.54. The molecule has 0 aliphatic heterocycles. The zero-order valence-corrected chi connectivity index (χ0v) is 18.8. The van der Waals surface area contributed by atoms with Crippen molar-refractivity contribution in [2.24, 2.45) is 10.4 Å². The maximum Gasteiger partial charge on any atom is 0.242 e. The van der Waals surface area contributed by atoms with E-state index in [9.17, 15) is 4.79 Å². The van der Waals surface area contributed by atoms with Crippen molar-refractivity contribution >= 4 is 35.8 Å². The lowest BCUT2D eigenvalue weighted by Gasteiger charge is -2.30. The van der Waals surface area contributed by atoms with Crippen LogP contribution in [0.15, 0.2) is 4.99 Å². The van der Waals surface area contributed by atoms with Crippen LogP contribution in [0, 0.1) is 5.41 Å². The molecular formula is C18H37IN4O2. The van der Waals surface area contributed by atoms with Crippen molar-refractivity contribution in [3.8, 4) is 0 Å². The Labute approximate surface area is 170 Å². The fourth-order valence-corrected chi connectivity index (χ4v) is 2.95. The molecule has 1 atom stereocenters. The SMILES string of the molecule is CCNC(=NCC(=O)NC1CCCCC1)NCC(OC)C(C)(C)C.I. The van der Waals surface area contributed by atoms with E-state index in [4.69, 9.17) is 4.74 Å². The number of guanidine groups is 1. The number of hydrogen-bond donors (Lipinski definition) is 3. The van der Waals surface area contributed by atoms with E-state index in [1.807, 2.05) is 6.92 Å². The maximum absolute atomic E-state index is 12.1. The number of halogens is 1. The second-order valence-corrected chi connectivity index (χ2v) is 7.57. The molecule has 1 amide bonds. The molecule has 0 heterocycles. The third-order valence-electron chi connectivity index (χ3n) is 4.40. The summed E-state index contributed by atoms with van der Waals surface area (Å²) in [5.41, 5.74) is 0.0391. The summed E-state index contributed by atoms with van der Waals surface area (Å²) in [6.45, 7) is 9.99. The van der Waals surface area contributed by atoms with E-state index in [2.05, 4.69) is 41.7 Å². The van der Waals surface area contributed by atoms with Gasteiger partial charge in [0.1, 0.15) is 6.54 Å². The summed E-state index contributed by atoms with van der Waals surface area (Å²) in [7, 11) is 1.72. The second-order valence-electron chi connectivity index (χ2n) is 7.57. The minimum Gasteiger partial charge on any atom is -0.379 e. The van der Waals surface area contributed by atoms with Crippen molar-refractivity contribution in [1.82, 2.24) is 16.0 Å². The number of methoxy groups -OCH3 is 1. The van der Waals surface area contributed by atoms with Crippen molar-refractivity contribution in [1.29, 1.82) is 0 Å². The van der Waals surface area contributed by atoms with Crippen LogP contribution < -0.4 is 16.0 Å². The molecule has 0 saturated heterocycles. The summed E-state index contributed by atoms with van der Waals surface area (Å²) in [6.07, 6.45) is 5.96. The Kier molecular flexibility index (Phi) is 12.4. The number of amides is 1. The van der Waals surface area contributed by atoms with Crippen LogP contribution in [0.1, 0.15) is 59.8 Å². The molecule has 1 saturated carbocycles. The second kappa shape index (κ2) is 12.7. The largest absolute Gasteiger partial charge is 0.379 e. The number of nitrogens with one attached hydrogen (secondary N) is 3. The van der Waals surface area contributed by atoms with Gasteiger partial charge in [-0.1, -0.05) is 40.0 Å². The van der Waals surface area contributed by atoms with Crippen LogP contribution in [0.5, 0.6) is 0 Å². The van der Waals surface area contributed by atoms with Gasteiger partial charge in [-0.25, -0.2) is 4.99 Å². The van der Waals surface area contributed by atoms with E-state index in [0.717, 1.165) is 19.4 Å². The number of aliphatic imine (C=N–C) groups is 1. The Balaban J connectivity index is 0.00000576. The van der Waals surface area contributed by atoms with Gasteiger partial charge in [-0.2, -0.15) is 0 Å². The highest BCUT2D eigenvalue weighted by atomic mass is 127. The molecule has 0 aromatic heterocycles. The number of carbonyl (C=O) groups excluding carboxylic acids is 1. The Morgan fingerprint density at radius 3 is 2.36 bits per heavy atom. The molecule has 1 unspecified atom stereocenters. The van der Waals surface area contributed by atoms with Gasteiger partial charge in [-0.15, -0.1) is 24.0 Å². The first-order chi connectivity index (χ1) is 11.4. The van der Waals surface area contributed by atoms with Gasteiger partial charge in [0.05, 0.1) is 6.10 Å². The van der Waals surface area contributed by atoms with Gasteiger partial charge in [0.15, 0.2) is 5.96 Å². The predicted octanol–water partition coefficient (Wildman–Crippen LogP) is 2.67. The topological polar surface area (TPSA) is 74.8 Å². The summed E-state index contributed by atoms with van der Waals surface area (Å²) >= 11 is 0. The Hall–Kier alpha value is -0.570. The summed E-state index contributed by atoms with van der Waals surface area (Å²) in [5.74, 6) is 0.654. The van der Waals surface area contributed by atoms with Gasteiger partial charge in [-0.3, -0.25) is 4.79 Å². The fraction of sp³-hybridized carbons (Fsp3) is 0.889. The fourth-order valence-electron chi connectivity index (χ4n) is 2.95. The van der Waals surface area contributed by atoms with E-state index in [1.165, 1.54) is 19.3 Å². The molecule has 0 aromatic rings. The average molecular weight is 468 g/mol. The molecule has 0 bridgehead atoms. The minimum absolute atomic E-state index is 0. The van der Waals surface area contributed by atoms with Crippen molar-refractivity contribution in [2.45, 2.75) is 71.9 Å². The zero-order chi connectivity index (χ0) is 18.0. The standard InChI is InChI=1S/C18H36N4O2.HI/c1-6-19-17(20-12-15(24-5)18(2,3)4)21-13-16(23)22-14-10-8-7-9-11-14;/h14-15H,6-13H2,1-5H3,(H,22,23)(H2,19,20,21);1H. The lowest BCUT2D eigenvalue weighted by Crippen LogP contribution is -2.46. The molecular weight excluding hydrogens is 431 g/mol. The minimum atomic E-state index is -0.00165. The van der Waals surface area contributed by atoms with Crippen LogP contribution in [-0.2, 0) is 9.53 Å². The highest BCUT2D eigenvalue weighted by molar-refractivity contribution is 14.0. The van der Waals surface area contributed by atoms with E-state index in [-0.39, 0.29) is 47.9 Å². The van der Waals surface area contributed by atoms with Gasteiger partial charge in [0.2, 0.25) is 5.91 Å². The molecule has 0 spiro atoms. The van der Waals surface area contributed by atoms with Crippen molar-refractivity contribution < 1.29 is 9.53 Å². The molecule has 6 nitrogen and oxygen atoms in total. The first kappa shape index (κ1) is 24.4. The van der Waals surface area contributed by atoms with E-state index < -0.39 is 0 Å². The quantitative estimate of drug-likeness (QED) is 0.305. The average Bonchev–Trinajstić information content (AvgIpc) is 2.52. The van der Waals surface area contributed by atoms with Crippen LogP contribution in [0.3, 0.4) is 0 Å². The number of rotatable bonds is 7. The van der Waals surface area contributed by atoms with Crippen LogP contribution >= 0.6 is 24.0 Å². The highest BCUT2D eigenvalue weighted by Crippen LogP contribution is 2.21. The van der Waals surface area contributed by atoms with Crippen LogP contribution in [0.4, 0.5) is 0 Å². The molecule has 0 aromatic carbocycles. The third kappa shape index (κ3) is 10.2. The lowest BCUT2D eigenvalue weighted by molar-refractivity contribution is -0.120. The number of nitrogens with zero attached hydrogens (tertiary/aromatic N) is 1. The Morgan fingerprint density at radius 1 is 1.20 bits per heavy atom. The van der Waals surface area contributed by atoms with Gasteiger partial charge in [0, 0.05) is 26.2 Å². The van der Waals surface area contributed by atoms with Crippen LogP contribution in [0.25, 0.3) is 0 Å². The van der Waals surface area contributed by atoms with Crippen LogP contribution in [0.2, 0.25) is 0 Å². The van der Waals surface area contributed by atoms with E-state index >= 15 is 0 Å². The summed E-state index contributed by atoms with van der Waals surface area (Å²) in [4.78, 5) is 16.5. The molecule has 1 rings (SSSR count). The first-order valence-corrected chi connectivity index (χ1v) is 9.21. The molecule has 0 radical (unpaired) electrons. The summed E-state index contributed by atoms with van der Waals surface area (Å²) in [6, 6.07) is 0.329. The van der Waals surface area contributed by atoms with Crippen molar-refractivity contribution in [3.63, 3.8) is 0 Å². The van der Waals surface area contributed by atoms with Gasteiger partial charge in [-0.05, 0) is 25.2 Å². The normalized spacial score (nSPS) is 17.4. The molecule has 148 valence electrons. The molecule has 3 N–H and O–H groups in total. The van der Waals surface area contributed by atoms with Gasteiger partial charge < -0.3 is 20.7 Å². The monoisotopic (exact) mass is 468 g/mol. The first-order valence-electron chi connectivity index (χ1n) is 9.21. The molecule has 1 aliphatic rings. The number of hydrogen-bond acceptors (Lipinski definition) is 3. The zero-order valence-electron chi connectivity index (χ0n) is 16.5. The molecule has 7 heteroatoms. The summed E-state index contributed by atoms with van der Waals surface area (Å²) in [5, 5.41) is 9.54. The lowest BCUT2D eigenvalue weighted by atomic mass is 9.89. The van der Waals surface area contributed by atoms with E-state index in [1.54, 1.807) is 7.11 Å². The maximum atomic E-state index is 12.1. The van der Waals surface area contributed by atoms with Crippen molar-refractivity contribution in [3.05, 3.63) is 0 Å². The van der Waals surface area contributed by atoms with E-state index in [0.29, 0.717) is 18.5 Å². The Bertz CT molecular complexity index is 404.